The Labute approximate surface area is 107 Å². The lowest BCUT2D eigenvalue weighted by molar-refractivity contribution is -0.167. The van der Waals surface area contributed by atoms with Gasteiger partial charge in [-0.25, -0.2) is 9.78 Å². The Morgan fingerprint density at radius 2 is 2.00 bits per heavy atom. The van der Waals surface area contributed by atoms with Crippen LogP contribution in [0.2, 0.25) is 0 Å². The largest absolute Gasteiger partial charge is 0.477 e. The van der Waals surface area contributed by atoms with Crippen molar-refractivity contribution >= 4 is 33.5 Å². The van der Waals surface area contributed by atoms with Crippen molar-refractivity contribution in [3.63, 3.8) is 0 Å². The molecule has 0 aliphatic rings. The van der Waals surface area contributed by atoms with Crippen molar-refractivity contribution in [3.05, 3.63) is 21.9 Å². The first-order chi connectivity index (χ1) is 8.12. The number of aryl methyl sites for hydroxylation is 1. The average molecular weight is 327 g/mol. The average Bonchev–Trinajstić information content (AvgIpc) is 2.21. The summed E-state index contributed by atoms with van der Waals surface area (Å²) < 4.78 is 36.2. The lowest BCUT2D eigenvalue weighted by atomic mass is 10.2. The predicted molar refractivity (Wildman–Crippen MR) is 58.3 cm³/mol. The van der Waals surface area contributed by atoms with E-state index in [1.165, 1.54) is 6.92 Å². The number of hydrogen-bond donors (Lipinski definition) is 2. The molecule has 0 aromatic carbocycles. The lowest BCUT2D eigenvalue weighted by Gasteiger charge is -2.12. The highest BCUT2D eigenvalue weighted by atomic mass is 79.9. The summed E-state index contributed by atoms with van der Waals surface area (Å²) in [5.74, 6) is -3.48. The summed E-state index contributed by atoms with van der Waals surface area (Å²) in [7, 11) is 0. The van der Waals surface area contributed by atoms with Gasteiger partial charge < -0.3 is 10.4 Å². The van der Waals surface area contributed by atoms with E-state index in [0.717, 1.165) is 6.07 Å². The minimum atomic E-state index is -5.03. The molecule has 0 bridgehead atoms. The van der Waals surface area contributed by atoms with Gasteiger partial charge in [0.05, 0.1) is 11.4 Å². The number of pyridine rings is 1. The van der Waals surface area contributed by atoms with Gasteiger partial charge in [-0.05, 0) is 28.9 Å². The van der Waals surface area contributed by atoms with E-state index in [-0.39, 0.29) is 21.5 Å². The van der Waals surface area contributed by atoms with Gasteiger partial charge in [-0.15, -0.1) is 0 Å². The lowest BCUT2D eigenvalue weighted by Crippen LogP contribution is -2.30. The van der Waals surface area contributed by atoms with Gasteiger partial charge in [-0.3, -0.25) is 4.79 Å². The second-order valence-corrected chi connectivity index (χ2v) is 4.06. The van der Waals surface area contributed by atoms with Crippen molar-refractivity contribution in [2.75, 3.05) is 5.32 Å². The molecule has 5 nitrogen and oxygen atoms in total. The van der Waals surface area contributed by atoms with Gasteiger partial charge in [0, 0.05) is 4.47 Å². The van der Waals surface area contributed by atoms with Crippen molar-refractivity contribution in [2.45, 2.75) is 13.1 Å². The van der Waals surface area contributed by atoms with Gasteiger partial charge >= 0.3 is 18.1 Å². The number of anilines is 1. The summed E-state index contributed by atoms with van der Waals surface area (Å²) >= 11 is 2.88. The molecule has 0 saturated heterocycles. The maximum Gasteiger partial charge on any atom is 0.471 e. The molecule has 1 amide bonds. The molecule has 0 radical (unpaired) electrons. The number of carboxylic acid groups (broad SMARTS) is 1. The third-order valence-corrected chi connectivity index (χ3v) is 2.49. The number of carboxylic acids is 1. The highest BCUT2D eigenvalue weighted by Crippen LogP contribution is 2.28. The van der Waals surface area contributed by atoms with E-state index in [2.05, 4.69) is 20.9 Å². The van der Waals surface area contributed by atoms with Crippen LogP contribution in [-0.4, -0.2) is 28.1 Å². The zero-order valence-electron chi connectivity index (χ0n) is 8.80. The molecule has 1 heterocycles. The zero-order chi connectivity index (χ0) is 14.1. The summed E-state index contributed by atoms with van der Waals surface area (Å²) in [5.41, 5.74) is -0.605. The molecule has 0 unspecified atom stereocenters. The summed E-state index contributed by atoms with van der Waals surface area (Å²) in [6.45, 7) is 1.28. The van der Waals surface area contributed by atoms with Crippen molar-refractivity contribution in [1.82, 2.24) is 4.98 Å². The predicted octanol–water partition coefficient (Wildman–Crippen LogP) is 2.35. The molecule has 98 valence electrons. The van der Waals surface area contributed by atoms with E-state index in [9.17, 15) is 22.8 Å². The molecule has 0 saturated carbocycles. The van der Waals surface area contributed by atoms with Crippen LogP contribution < -0.4 is 5.32 Å². The van der Waals surface area contributed by atoms with Gasteiger partial charge in [-0.1, -0.05) is 0 Å². The topological polar surface area (TPSA) is 79.3 Å². The maximum absolute atomic E-state index is 12.1. The zero-order valence-corrected chi connectivity index (χ0v) is 10.4. The number of rotatable bonds is 2. The monoisotopic (exact) mass is 326 g/mol. The molecular weight excluding hydrogens is 321 g/mol. The Morgan fingerprint density at radius 1 is 1.44 bits per heavy atom. The summed E-state index contributed by atoms with van der Waals surface area (Å²) in [4.78, 5) is 25.0. The molecule has 0 aliphatic heterocycles. The van der Waals surface area contributed by atoms with E-state index in [4.69, 9.17) is 5.11 Å². The van der Waals surface area contributed by atoms with Gasteiger partial charge in [0.1, 0.15) is 5.69 Å². The van der Waals surface area contributed by atoms with E-state index in [1.54, 1.807) is 5.32 Å². The van der Waals surface area contributed by atoms with Crippen LogP contribution in [0.15, 0.2) is 10.5 Å². The highest BCUT2D eigenvalue weighted by molar-refractivity contribution is 9.10. The first-order valence-electron chi connectivity index (χ1n) is 4.41. The molecular formula is C9H6BrF3N2O3. The van der Waals surface area contributed by atoms with Crippen LogP contribution in [0, 0.1) is 6.92 Å². The molecule has 1 aromatic heterocycles. The number of carbonyl (C=O) groups is 2. The quantitative estimate of drug-likeness (QED) is 0.874. The summed E-state index contributed by atoms with van der Waals surface area (Å²) in [5, 5.41) is 10.3. The van der Waals surface area contributed by atoms with Crippen LogP contribution in [0.4, 0.5) is 18.9 Å². The SMILES string of the molecule is Cc1nc(C(=O)O)cc(Br)c1NC(=O)C(F)(F)F. The second-order valence-electron chi connectivity index (χ2n) is 3.21. The minimum Gasteiger partial charge on any atom is -0.477 e. The molecule has 0 atom stereocenters. The normalized spacial score (nSPS) is 11.2. The van der Waals surface area contributed by atoms with Crippen molar-refractivity contribution in [1.29, 1.82) is 0 Å². The fourth-order valence-corrected chi connectivity index (χ4v) is 1.68. The summed E-state index contributed by atoms with van der Waals surface area (Å²) in [6, 6.07) is 1.00. The number of amides is 1. The van der Waals surface area contributed by atoms with Crippen LogP contribution in [0.1, 0.15) is 16.2 Å². The Morgan fingerprint density at radius 3 is 2.39 bits per heavy atom. The van der Waals surface area contributed by atoms with Crippen LogP contribution in [0.5, 0.6) is 0 Å². The number of nitrogens with one attached hydrogen (secondary N) is 1. The third kappa shape index (κ3) is 3.19. The fourth-order valence-electron chi connectivity index (χ4n) is 1.08. The number of aromatic carboxylic acids is 1. The number of carbonyl (C=O) groups excluding carboxylic acids is 1. The number of hydrogen-bond acceptors (Lipinski definition) is 3. The fraction of sp³-hybridized carbons (Fsp3) is 0.222. The third-order valence-electron chi connectivity index (χ3n) is 1.87. The Hall–Kier alpha value is -1.64. The smallest absolute Gasteiger partial charge is 0.471 e. The molecule has 0 fully saturated rings. The van der Waals surface area contributed by atoms with E-state index >= 15 is 0 Å². The van der Waals surface area contributed by atoms with Crippen LogP contribution >= 0.6 is 15.9 Å². The molecule has 1 rings (SSSR count). The molecule has 0 spiro atoms. The Balaban J connectivity index is 3.12. The minimum absolute atomic E-state index is 0.00463. The molecule has 18 heavy (non-hydrogen) atoms. The Bertz CT molecular complexity index is 493. The van der Waals surface area contributed by atoms with Crippen molar-refractivity contribution < 1.29 is 27.9 Å². The molecule has 0 aliphatic carbocycles. The standard InChI is InChI=1S/C9H6BrF3N2O3/c1-3-6(15-8(18)9(11,12)13)4(10)2-5(14-3)7(16)17/h2H,1H3,(H,15,18)(H,16,17). The number of halogens is 4. The second kappa shape index (κ2) is 4.92. The van der Waals surface area contributed by atoms with Gasteiger partial charge in [0.25, 0.3) is 0 Å². The van der Waals surface area contributed by atoms with Gasteiger partial charge in [0.2, 0.25) is 0 Å². The van der Waals surface area contributed by atoms with Gasteiger partial charge in [0.15, 0.2) is 0 Å². The van der Waals surface area contributed by atoms with E-state index in [0.29, 0.717) is 0 Å². The maximum atomic E-state index is 12.1. The molecule has 9 heteroatoms. The first-order valence-corrected chi connectivity index (χ1v) is 5.21. The number of aromatic nitrogens is 1. The van der Waals surface area contributed by atoms with Crippen LogP contribution in [0.3, 0.4) is 0 Å². The number of alkyl halides is 3. The summed E-state index contributed by atoms with van der Waals surface area (Å²) in [6.07, 6.45) is -5.03. The van der Waals surface area contributed by atoms with E-state index in [1.807, 2.05) is 0 Å². The van der Waals surface area contributed by atoms with Crippen molar-refractivity contribution in [3.8, 4) is 0 Å². The molecule has 2 N–H and O–H groups in total. The van der Waals surface area contributed by atoms with E-state index < -0.39 is 18.1 Å². The van der Waals surface area contributed by atoms with Crippen molar-refractivity contribution in [2.24, 2.45) is 0 Å². The molecule has 1 aromatic rings. The van der Waals surface area contributed by atoms with Gasteiger partial charge in [-0.2, -0.15) is 13.2 Å². The highest BCUT2D eigenvalue weighted by Gasteiger charge is 2.39. The Kier molecular flexibility index (Phi) is 3.95. The van der Waals surface area contributed by atoms with Crippen LogP contribution in [-0.2, 0) is 4.79 Å². The van der Waals surface area contributed by atoms with Crippen LogP contribution in [0.25, 0.3) is 0 Å². The first kappa shape index (κ1) is 14.4. The number of nitrogens with zero attached hydrogens (tertiary/aromatic N) is 1.